The number of hydrogen-bond acceptors (Lipinski definition) is 7. The van der Waals surface area contributed by atoms with E-state index in [1.165, 1.54) is 0 Å². The summed E-state index contributed by atoms with van der Waals surface area (Å²) in [5.74, 6) is -0.349. The Kier molecular flexibility index (Phi) is 7.67. The van der Waals surface area contributed by atoms with Crippen molar-refractivity contribution in [2.75, 3.05) is 44.3 Å². The third-order valence-electron chi connectivity index (χ3n) is 5.25. The summed E-state index contributed by atoms with van der Waals surface area (Å²) >= 11 is 6.44. The molecule has 0 saturated carbocycles. The van der Waals surface area contributed by atoms with E-state index in [9.17, 15) is 14.4 Å². The van der Waals surface area contributed by atoms with Crippen molar-refractivity contribution in [3.05, 3.63) is 28.8 Å². The first-order chi connectivity index (χ1) is 15.7. The molecule has 3 rings (SSSR count). The Morgan fingerprint density at radius 1 is 0.971 bits per heavy atom. The fourth-order valence-corrected chi connectivity index (χ4v) is 4.03. The minimum atomic E-state index is -0.682. The minimum absolute atomic E-state index is 0.00989. The van der Waals surface area contributed by atoms with Crippen LogP contribution in [0.15, 0.2) is 18.2 Å². The van der Waals surface area contributed by atoms with Gasteiger partial charge in [0, 0.05) is 30.3 Å². The van der Waals surface area contributed by atoms with Crippen molar-refractivity contribution in [2.45, 2.75) is 58.8 Å². The Balaban J connectivity index is 1.78. The second-order valence-corrected chi connectivity index (χ2v) is 10.9. The first kappa shape index (κ1) is 26.1. The molecule has 2 aliphatic heterocycles. The Morgan fingerprint density at radius 2 is 1.62 bits per heavy atom. The van der Waals surface area contributed by atoms with Gasteiger partial charge < -0.3 is 19.1 Å². The zero-order valence-electron chi connectivity index (χ0n) is 20.7. The predicted octanol–water partition coefficient (Wildman–Crippen LogP) is 4.23. The van der Waals surface area contributed by atoms with E-state index in [0.717, 1.165) is 16.2 Å². The number of amides is 3. The van der Waals surface area contributed by atoms with E-state index in [-0.39, 0.29) is 25.0 Å². The van der Waals surface area contributed by atoms with Crippen LogP contribution in [0.25, 0.3) is 0 Å². The van der Waals surface area contributed by atoms with E-state index in [4.69, 9.17) is 25.8 Å². The maximum atomic E-state index is 12.8. The third kappa shape index (κ3) is 6.76. The van der Waals surface area contributed by atoms with Gasteiger partial charge in [-0.05, 0) is 65.3 Å². The van der Waals surface area contributed by atoms with E-state index in [2.05, 4.69) is 0 Å². The van der Waals surface area contributed by atoms with Crippen LogP contribution in [-0.2, 0) is 19.0 Å². The van der Waals surface area contributed by atoms with Crippen LogP contribution < -0.4 is 4.90 Å². The van der Waals surface area contributed by atoms with Crippen LogP contribution >= 0.6 is 11.6 Å². The summed E-state index contributed by atoms with van der Waals surface area (Å²) in [5.41, 5.74) is 0.218. The number of ether oxygens (including phenoxy) is 3. The number of imide groups is 1. The highest BCUT2D eigenvalue weighted by Crippen LogP contribution is 2.32. The number of hydrogen-bond donors (Lipinski definition) is 0. The van der Waals surface area contributed by atoms with Crippen LogP contribution in [0.5, 0.6) is 0 Å². The lowest BCUT2D eigenvalue weighted by molar-refractivity contribution is -0.130. The van der Waals surface area contributed by atoms with Gasteiger partial charge in [0.05, 0.1) is 25.8 Å². The van der Waals surface area contributed by atoms with Gasteiger partial charge >= 0.3 is 12.2 Å². The number of rotatable bonds is 2. The summed E-state index contributed by atoms with van der Waals surface area (Å²) in [7, 11) is 0. The second-order valence-electron chi connectivity index (χ2n) is 10.5. The molecule has 0 bridgehead atoms. The lowest BCUT2D eigenvalue weighted by Gasteiger charge is -2.38. The van der Waals surface area contributed by atoms with Crippen LogP contribution in [0.2, 0.25) is 5.02 Å². The number of halogens is 1. The highest BCUT2D eigenvalue weighted by atomic mass is 35.5. The lowest BCUT2D eigenvalue weighted by atomic mass is 10.0. The number of piperazine rings is 1. The Labute approximate surface area is 205 Å². The Bertz CT molecular complexity index is 940. The summed E-state index contributed by atoms with van der Waals surface area (Å²) in [6, 6.07) is 5.09. The van der Waals surface area contributed by atoms with Crippen LogP contribution in [-0.4, -0.2) is 78.5 Å². The zero-order valence-corrected chi connectivity index (χ0v) is 21.5. The molecule has 1 atom stereocenters. The third-order valence-corrected chi connectivity index (χ3v) is 5.46. The number of morpholine rings is 1. The van der Waals surface area contributed by atoms with Gasteiger partial charge in [0.1, 0.15) is 11.2 Å². The van der Waals surface area contributed by atoms with Crippen molar-refractivity contribution in [1.29, 1.82) is 0 Å². The Morgan fingerprint density at radius 3 is 2.24 bits per heavy atom. The SMILES string of the molecule is CC(C)(C)OC(=O)N1CCN(c2cc(Cl)cc([C@@H]3COCCN3C(=O)OC(C)(C)C)c2)CC1=O. The standard InChI is InChI=1S/C24H34ClN3O6/c1-23(2,3)33-21(30)27-9-10-32-15-19(27)16-11-17(25)13-18(12-16)26-7-8-28(20(29)14-26)22(31)34-24(4,5)6/h11-13,19H,7-10,14-15H2,1-6H3/t19-/m0/s1. The molecule has 1 aromatic carbocycles. The topological polar surface area (TPSA) is 88.6 Å². The number of benzene rings is 1. The van der Waals surface area contributed by atoms with Crippen LogP contribution in [0.4, 0.5) is 15.3 Å². The first-order valence-corrected chi connectivity index (χ1v) is 11.8. The molecule has 0 unspecified atom stereocenters. The van der Waals surface area contributed by atoms with Gasteiger partial charge in [-0.1, -0.05) is 11.6 Å². The molecule has 0 aliphatic carbocycles. The minimum Gasteiger partial charge on any atom is -0.444 e. The summed E-state index contributed by atoms with van der Waals surface area (Å²) in [6.07, 6.45) is -1.06. The van der Waals surface area contributed by atoms with E-state index < -0.39 is 23.4 Å². The highest BCUT2D eigenvalue weighted by Gasteiger charge is 2.35. The predicted molar refractivity (Wildman–Crippen MR) is 128 cm³/mol. The molecule has 0 N–H and O–H groups in total. The van der Waals surface area contributed by atoms with Crippen molar-refractivity contribution >= 4 is 35.4 Å². The van der Waals surface area contributed by atoms with Crippen LogP contribution in [0.3, 0.4) is 0 Å². The molecule has 188 valence electrons. The molecule has 10 heteroatoms. The van der Waals surface area contributed by atoms with Crippen molar-refractivity contribution in [3.63, 3.8) is 0 Å². The summed E-state index contributed by atoms with van der Waals surface area (Å²) in [4.78, 5) is 42.5. The lowest BCUT2D eigenvalue weighted by Crippen LogP contribution is -2.53. The first-order valence-electron chi connectivity index (χ1n) is 11.4. The van der Waals surface area contributed by atoms with Gasteiger partial charge in [-0.15, -0.1) is 0 Å². The van der Waals surface area contributed by atoms with Crippen LogP contribution in [0.1, 0.15) is 53.1 Å². The number of carbonyl (C=O) groups is 3. The van der Waals surface area contributed by atoms with Gasteiger partial charge in [-0.25, -0.2) is 14.5 Å². The molecule has 0 aromatic heterocycles. The smallest absolute Gasteiger partial charge is 0.417 e. The Hall–Kier alpha value is -2.52. The molecule has 2 aliphatic rings. The second kappa shape index (κ2) is 10.00. The van der Waals surface area contributed by atoms with E-state index >= 15 is 0 Å². The van der Waals surface area contributed by atoms with Gasteiger partial charge in [0.15, 0.2) is 0 Å². The molecule has 0 spiro atoms. The van der Waals surface area contributed by atoms with E-state index in [0.29, 0.717) is 31.3 Å². The van der Waals surface area contributed by atoms with E-state index in [1.807, 2.05) is 31.7 Å². The molecule has 3 amide bonds. The van der Waals surface area contributed by atoms with Gasteiger partial charge in [-0.2, -0.15) is 0 Å². The summed E-state index contributed by atoms with van der Waals surface area (Å²) < 4.78 is 16.6. The van der Waals surface area contributed by atoms with Gasteiger partial charge in [0.2, 0.25) is 0 Å². The molecule has 9 nitrogen and oxygen atoms in total. The highest BCUT2D eigenvalue weighted by molar-refractivity contribution is 6.31. The normalized spacial score (nSPS) is 19.8. The monoisotopic (exact) mass is 495 g/mol. The largest absolute Gasteiger partial charge is 0.444 e. The van der Waals surface area contributed by atoms with Gasteiger partial charge in [0.25, 0.3) is 5.91 Å². The number of nitrogens with zero attached hydrogens (tertiary/aromatic N) is 3. The molecule has 34 heavy (non-hydrogen) atoms. The maximum absolute atomic E-state index is 12.8. The maximum Gasteiger partial charge on any atom is 0.417 e. The molecule has 2 heterocycles. The van der Waals surface area contributed by atoms with Crippen LogP contribution in [0, 0.1) is 0 Å². The average Bonchev–Trinajstić information content (AvgIpc) is 2.70. The number of anilines is 1. The average molecular weight is 496 g/mol. The quantitative estimate of drug-likeness (QED) is 0.606. The molecule has 1 aromatic rings. The fraction of sp³-hybridized carbons (Fsp3) is 0.625. The molecule has 2 fully saturated rings. The van der Waals surface area contributed by atoms with E-state index in [1.54, 1.807) is 37.8 Å². The fourth-order valence-electron chi connectivity index (χ4n) is 3.79. The summed E-state index contributed by atoms with van der Waals surface area (Å²) in [5, 5.41) is 0.476. The molecule has 0 radical (unpaired) electrons. The van der Waals surface area contributed by atoms with Crippen molar-refractivity contribution in [2.24, 2.45) is 0 Å². The molecular weight excluding hydrogens is 462 g/mol. The summed E-state index contributed by atoms with van der Waals surface area (Å²) in [6.45, 7) is 12.5. The molecular formula is C24H34ClN3O6. The number of carbonyl (C=O) groups excluding carboxylic acids is 3. The van der Waals surface area contributed by atoms with Gasteiger partial charge in [-0.3, -0.25) is 9.69 Å². The molecule has 2 saturated heterocycles. The van der Waals surface area contributed by atoms with Crippen molar-refractivity contribution in [1.82, 2.24) is 9.80 Å². The van der Waals surface area contributed by atoms with Crippen molar-refractivity contribution in [3.8, 4) is 0 Å². The van der Waals surface area contributed by atoms with Crippen molar-refractivity contribution < 1.29 is 28.6 Å². The zero-order chi connectivity index (χ0) is 25.3.